The molecule has 0 bridgehead atoms. The molecule has 0 radical (unpaired) electrons. The van der Waals surface area contributed by atoms with Crippen LogP contribution in [0.5, 0.6) is 5.75 Å². The van der Waals surface area contributed by atoms with E-state index in [0.29, 0.717) is 5.76 Å². The minimum absolute atomic E-state index is 0.110. The van der Waals surface area contributed by atoms with Gasteiger partial charge in [-0.15, -0.1) is 0 Å². The molecule has 0 aliphatic carbocycles. The third-order valence-corrected chi connectivity index (χ3v) is 2.20. The van der Waals surface area contributed by atoms with Crippen LogP contribution >= 0.6 is 12.2 Å². The highest BCUT2D eigenvalue weighted by molar-refractivity contribution is 7.80. The number of methoxy groups -OCH3 is 1. The zero-order valence-electron chi connectivity index (χ0n) is 9.14. The maximum absolute atomic E-state index is 5.52. The molecule has 88 valence electrons. The summed E-state index contributed by atoms with van der Waals surface area (Å²) in [7, 11) is 1.62. The number of hydrogen-bond acceptors (Lipinski definition) is 4. The van der Waals surface area contributed by atoms with E-state index in [1.165, 1.54) is 6.21 Å². The number of nitrogens with one attached hydrogen (secondary N) is 1. The second-order valence-corrected chi connectivity index (χ2v) is 3.73. The highest BCUT2D eigenvalue weighted by Gasteiger charge is 2.02. The van der Waals surface area contributed by atoms with Crippen molar-refractivity contribution in [1.82, 2.24) is 5.43 Å². The Labute approximate surface area is 103 Å². The predicted octanol–water partition coefficient (Wildman–Crippen LogP) is 1.61. The van der Waals surface area contributed by atoms with Crippen molar-refractivity contribution < 1.29 is 9.15 Å². The molecule has 0 fully saturated rings. The molecule has 1 heterocycles. The van der Waals surface area contributed by atoms with Gasteiger partial charge in [0.05, 0.1) is 13.3 Å². The number of furan rings is 1. The quantitative estimate of drug-likeness (QED) is 0.491. The van der Waals surface area contributed by atoms with E-state index in [2.05, 4.69) is 22.7 Å². The van der Waals surface area contributed by atoms with Gasteiger partial charge in [-0.05, 0) is 36.5 Å². The summed E-state index contributed by atoms with van der Waals surface area (Å²) in [6.07, 6.45) is 1.51. The molecule has 3 N–H and O–H groups in total. The Morgan fingerprint density at radius 3 is 3.06 bits per heavy atom. The molecule has 1 aromatic heterocycles. The largest absolute Gasteiger partial charge is 0.497 e. The molecule has 0 unspecified atom stereocenters. The Kier molecular flexibility index (Phi) is 3.24. The van der Waals surface area contributed by atoms with Crippen molar-refractivity contribution in [1.29, 1.82) is 0 Å². The van der Waals surface area contributed by atoms with Gasteiger partial charge in [-0.2, -0.15) is 5.10 Å². The molecule has 1 aromatic carbocycles. The van der Waals surface area contributed by atoms with Gasteiger partial charge in [0.2, 0.25) is 0 Å². The molecular formula is C11H11N3O2S. The number of hydrogen-bond donors (Lipinski definition) is 2. The Hall–Kier alpha value is -2.08. The highest BCUT2D eigenvalue weighted by Crippen LogP contribution is 2.23. The first-order valence-electron chi connectivity index (χ1n) is 4.85. The zero-order chi connectivity index (χ0) is 12.3. The molecule has 0 saturated heterocycles. The SMILES string of the molecule is COc1ccc2oc(C=NNC(N)=S)cc2c1. The van der Waals surface area contributed by atoms with E-state index in [-0.39, 0.29) is 5.11 Å². The summed E-state index contributed by atoms with van der Waals surface area (Å²) in [5.74, 6) is 1.39. The summed E-state index contributed by atoms with van der Waals surface area (Å²) in [6, 6.07) is 7.41. The van der Waals surface area contributed by atoms with Gasteiger partial charge in [0, 0.05) is 5.39 Å². The molecule has 2 rings (SSSR count). The second kappa shape index (κ2) is 4.84. The fraction of sp³-hybridized carbons (Fsp3) is 0.0909. The first-order valence-corrected chi connectivity index (χ1v) is 5.26. The number of hydrazone groups is 1. The van der Waals surface area contributed by atoms with E-state index >= 15 is 0 Å². The highest BCUT2D eigenvalue weighted by atomic mass is 32.1. The third-order valence-electron chi connectivity index (χ3n) is 2.11. The average molecular weight is 249 g/mol. The molecule has 17 heavy (non-hydrogen) atoms. The van der Waals surface area contributed by atoms with Crippen molar-refractivity contribution in [2.75, 3.05) is 7.11 Å². The first kappa shape index (κ1) is 11.4. The third kappa shape index (κ3) is 2.73. The second-order valence-electron chi connectivity index (χ2n) is 3.29. The topological polar surface area (TPSA) is 72.8 Å². The molecule has 0 aliphatic rings. The van der Waals surface area contributed by atoms with Gasteiger partial charge in [-0.3, -0.25) is 5.43 Å². The lowest BCUT2D eigenvalue weighted by Crippen LogP contribution is -2.23. The molecular weight excluding hydrogens is 238 g/mol. The average Bonchev–Trinajstić information content (AvgIpc) is 2.69. The number of nitrogens with two attached hydrogens (primary N) is 1. The normalized spacial score (nSPS) is 10.9. The molecule has 2 aromatic rings. The van der Waals surface area contributed by atoms with Crippen molar-refractivity contribution in [3.8, 4) is 5.75 Å². The summed E-state index contributed by atoms with van der Waals surface area (Å²) >= 11 is 4.61. The van der Waals surface area contributed by atoms with Crippen molar-refractivity contribution in [2.45, 2.75) is 0 Å². The van der Waals surface area contributed by atoms with Crippen LogP contribution in [0, 0.1) is 0 Å². The fourth-order valence-corrected chi connectivity index (χ4v) is 1.44. The molecule has 0 saturated carbocycles. The van der Waals surface area contributed by atoms with Crippen molar-refractivity contribution >= 4 is 34.5 Å². The van der Waals surface area contributed by atoms with E-state index < -0.39 is 0 Å². The van der Waals surface area contributed by atoms with Gasteiger partial charge in [-0.25, -0.2) is 0 Å². The van der Waals surface area contributed by atoms with Crippen LogP contribution in [-0.2, 0) is 0 Å². The number of benzene rings is 1. The number of rotatable bonds is 3. The van der Waals surface area contributed by atoms with Gasteiger partial charge in [0.25, 0.3) is 0 Å². The van der Waals surface area contributed by atoms with E-state index in [1.807, 2.05) is 24.3 Å². The van der Waals surface area contributed by atoms with E-state index in [4.69, 9.17) is 14.9 Å². The van der Waals surface area contributed by atoms with Gasteiger partial charge in [-0.1, -0.05) is 0 Å². The van der Waals surface area contributed by atoms with Gasteiger partial charge in [0.15, 0.2) is 5.11 Å². The number of thiocarbonyl (C=S) groups is 1. The van der Waals surface area contributed by atoms with Gasteiger partial charge < -0.3 is 14.9 Å². The van der Waals surface area contributed by atoms with Crippen molar-refractivity contribution in [3.63, 3.8) is 0 Å². The van der Waals surface area contributed by atoms with Gasteiger partial charge >= 0.3 is 0 Å². The van der Waals surface area contributed by atoms with Crippen molar-refractivity contribution in [2.24, 2.45) is 10.8 Å². The lowest BCUT2D eigenvalue weighted by molar-refractivity contribution is 0.415. The van der Waals surface area contributed by atoms with Crippen LogP contribution in [0.4, 0.5) is 0 Å². The Bertz CT molecular complexity index is 577. The summed E-state index contributed by atoms with van der Waals surface area (Å²) in [4.78, 5) is 0. The van der Waals surface area contributed by atoms with Gasteiger partial charge in [0.1, 0.15) is 17.1 Å². The minimum Gasteiger partial charge on any atom is -0.497 e. The zero-order valence-corrected chi connectivity index (χ0v) is 9.95. The Morgan fingerprint density at radius 1 is 1.53 bits per heavy atom. The molecule has 6 heteroatoms. The maximum atomic E-state index is 5.52. The maximum Gasteiger partial charge on any atom is 0.184 e. The van der Waals surface area contributed by atoms with Crippen LogP contribution in [0.3, 0.4) is 0 Å². The summed E-state index contributed by atoms with van der Waals surface area (Å²) in [6.45, 7) is 0. The van der Waals surface area contributed by atoms with Crippen LogP contribution in [-0.4, -0.2) is 18.4 Å². The summed E-state index contributed by atoms with van der Waals surface area (Å²) in [5.41, 5.74) is 8.45. The van der Waals surface area contributed by atoms with Crippen LogP contribution in [0.25, 0.3) is 11.0 Å². The molecule has 5 nitrogen and oxygen atoms in total. The standard InChI is InChI=1S/C11H11N3O2S/c1-15-8-2-3-10-7(4-8)5-9(16-10)6-13-14-11(12)17/h2-6H,1H3,(H3,12,14,17). The number of fused-ring (bicyclic) bond motifs is 1. The van der Waals surface area contributed by atoms with Crippen LogP contribution < -0.4 is 15.9 Å². The molecule has 0 atom stereocenters. The monoisotopic (exact) mass is 249 g/mol. The Balaban J connectivity index is 2.25. The van der Waals surface area contributed by atoms with E-state index in [9.17, 15) is 0 Å². The predicted molar refractivity (Wildman–Crippen MR) is 70.3 cm³/mol. The minimum atomic E-state index is 0.110. The lowest BCUT2D eigenvalue weighted by Gasteiger charge is -1.96. The summed E-state index contributed by atoms with van der Waals surface area (Å²) in [5, 5.41) is 4.87. The molecule has 0 spiro atoms. The fourth-order valence-electron chi connectivity index (χ4n) is 1.39. The van der Waals surface area contributed by atoms with Crippen LogP contribution in [0.1, 0.15) is 5.76 Å². The molecule has 0 amide bonds. The summed E-state index contributed by atoms with van der Waals surface area (Å²) < 4.78 is 10.6. The van der Waals surface area contributed by atoms with Crippen LogP contribution in [0.15, 0.2) is 33.8 Å². The molecule has 0 aliphatic heterocycles. The lowest BCUT2D eigenvalue weighted by atomic mass is 10.2. The number of ether oxygens (including phenoxy) is 1. The van der Waals surface area contributed by atoms with E-state index in [1.54, 1.807) is 7.11 Å². The smallest absolute Gasteiger partial charge is 0.184 e. The van der Waals surface area contributed by atoms with E-state index in [0.717, 1.165) is 16.7 Å². The first-order chi connectivity index (χ1) is 8.19. The Morgan fingerprint density at radius 2 is 2.35 bits per heavy atom. The van der Waals surface area contributed by atoms with Crippen molar-refractivity contribution in [3.05, 3.63) is 30.0 Å². The van der Waals surface area contributed by atoms with Crippen LogP contribution in [0.2, 0.25) is 0 Å². The number of nitrogens with zero attached hydrogens (tertiary/aromatic N) is 1.